The molecule has 0 radical (unpaired) electrons. The fraction of sp³-hybridized carbons (Fsp3) is 0.750. The average Bonchev–Trinajstić information content (AvgIpc) is 2.73. The minimum atomic E-state index is -0.437. The molecule has 1 saturated carbocycles. The highest BCUT2D eigenvalue weighted by Gasteiger charge is 2.30. The Morgan fingerprint density at radius 2 is 1.88 bits per heavy atom. The van der Waals surface area contributed by atoms with Crippen LogP contribution in [0.15, 0.2) is 0 Å². The third-order valence-electron chi connectivity index (χ3n) is 4.25. The molecule has 1 saturated heterocycles. The topological polar surface area (TPSA) is 95.6 Å². The molecule has 0 aromatic heterocycles. The monoisotopic (exact) mass is 355 g/mol. The van der Waals surface area contributed by atoms with Gasteiger partial charge in [0.1, 0.15) is 0 Å². The molecular formula is C16H25N3O4S. The maximum absolute atomic E-state index is 12.0. The Balaban J connectivity index is 1.67. The van der Waals surface area contributed by atoms with Crippen molar-refractivity contribution in [1.29, 1.82) is 0 Å². The van der Waals surface area contributed by atoms with Gasteiger partial charge in [-0.15, -0.1) is 0 Å². The van der Waals surface area contributed by atoms with Crippen molar-refractivity contribution in [3.8, 4) is 0 Å². The summed E-state index contributed by atoms with van der Waals surface area (Å²) in [6, 6.07) is 0.301. The first kappa shape index (κ1) is 18.8. The van der Waals surface area contributed by atoms with Crippen molar-refractivity contribution in [2.75, 3.05) is 18.8 Å². The van der Waals surface area contributed by atoms with E-state index >= 15 is 0 Å². The Bertz CT molecular complexity index is 515. The second kappa shape index (κ2) is 8.00. The fourth-order valence-electron chi connectivity index (χ4n) is 2.73. The summed E-state index contributed by atoms with van der Waals surface area (Å²) in [5, 5.41) is 5.44. The Hall–Kier alpha value is -1.57. The van der Waals surface area contributed by atoms with E-state index < -0.39 is 5.41 Å². The second-order valence-corrected chi connectivity index (χ2v) is 8.09. The number of rotatable bonds is 8. The number of hydrogen-bond acceptors (Lipinski definition) is 5. The van der Waals surface area contributed by atoms with Crippen molar-refractivity contribution >= 4 is 34.7 Å². The molecule has 0 atom stereocenters. The molecule has 2 fully saturated rings. The number of thioether (sulfide) groups is 1. The van der Waals surface area contributed by atoms with E-state index in [2.05, 4.69) is 10.6 Å². The minimum Gasteiger partial charge on any atom is -0.354 e. The second-order valence-electron chi connectivity index (χ2n) is 7.16. The number of hydrogen-bond donors (Lipinski definition) is 2. The van der Waals surface area contributed by atoms with Gasteiger partial charge in [-0.2, -0.15) is 0 Å². The van der Waals surface area contributed by atoms with Gasteiger partial charge in [-0.25, -0.2) is 0 Å². The van der Waals surface area contributed by atoms with Crippen molar-refractivity contribution in [3.63, 3.8) is 0 Å². The molecule has 1 heterocycles. The van der Waals surface area contributed by atoms with Crippen LogP contribution in [-0.2, 0) is 14.4 Å². The van der Waals surface area contributed by atoms with Crippen molar-refractivity contribution in [1.82, 2.24) is 15.5 Å². The summed E-state index contributed by atoms with van der Waals surface area (Å²) in [4.78, 5) is 48.1. The molecule has 0 unspecified atom stereocenters. The molecule has 2 N–H and O–H groups in total. The quantitative estimate of drug-likeness (QED) is 0.684. The lowest BCUT2D eigenvalue weighted by Crippen LogP contribution is -2.42. The van der Waals surface area contributed by atoms with Crippen molar-refractivity contribution in [2.24, 2.45) is 5.41 Å². The van der Waals surface area contributed by atoms with Crippen LogP contribution in [0.4, 0.5) is 4.79 Å². The SMILES string of the molecule is CC(C)(CC(=O)NCCN1C(=O)CSC1=O)CC(=O)NC1CCC1. The molecule has 134 valence electrons. The molecule has 4 amide bonds. The summed E-state index contributed by atoms with van der Waals surface area (Å²) < 4.78 is 0. The smallest absolute Gasteiger partial charge is 0.288 e. The molecule has 1 aliphatic heterocycles. The highest BCUT2D eigenvalue weighted by Crippen LogP contribution is 2.26. The van der Waals surface area contributed by atoms with Gasteiger partial charge in [0.25, 0.3) is 5.24 Å². The molecule has 0 spiro atoms. The summed E-state index contributed by atoms with van der Waals surface area (Å²) in [7, 11) is 0. The van der Waals surface area contributed by atoms with Crippen LogP contribution in [0.2, 0.25) is 0 Å². The van der Waals surface area contributed by atoms with E-state index in [0.717, 1.165) is 35.9 Å². The van der Waals surface area contributed by atoms with Crippen LogP contribution in [0.25, 0.3) is 0 Å². The largest absolute Gasteiger partial charge is 0.354 e. The van der Waals surface area contributed by atoms with Gasteiger partial charge in [0.15, 0.2) is 0 Å². The van der Waals surface area contributed by atoms with Crippen LogP contribution in [0.3, 0.4) is 0 Å². The van der Waals surface area contributed by atoms with Crippen molar-refractivity contribution in [2.45, 2.75) is 52.0 Å². The number of carbonyl (C=O) groups is 4. The molecule has 2 aliphatic rings. The van der Waals surface area contributed by atoms with E-state index in [9.17, 15) is 19.2 Å². The normalized spacial score (nSPS) is 18.5. The van der Waals surface area contributed by atoms with Gasteiger partial charge in [0.05, 0.1) is 5.75 Å². The number of nitrogens with one attached hydrogen (secondary N) is 2. The zero-order valence-corrected chi connectivity index (χ0v) is 15.0. The Kier molecular flexibility index (Phi) is 6.26. The van der Waals surface area contributed by atoms with Gasteiger partial charge in [0.2, 0.25) is 17.7 Å². The highest BCUT2D eigenvalue weighted by molar-refractivity contribution is 8.14. The molecule has 24 heavy (non-hydrogen) atoms. The first-order chi connectivity index (χ1) is 11.3. The first-order valence-electron chi connectivity index (χ1n) is 8.30. The lowest BCUT2D eigenvalue weighted by Gasteiger charge is -2.29. The van der Waals surface area contributed by atoms with E-state index in [-0.39, 0.29) is 48.2 Å². The zero-order valence-electron chi connectivity index (χ0n) is 14.2. The average molecular weight is 355 g/mol. The lowest BCUT2D eigenvalue weighted by molar-refractivity contribution is -0.128. The molecular weight excluding hydrogens is 330 g/mol. The summed E-state index contributed by atoms with van der Waals surface area (Å²) in [6.07, 6.45) is 3.77. The van der Waals surface area contributed by atoms with Crippen LogP contribution in [0, 0.1) is 5.41 Å². The molecule has 0 aromatic carbocycles. The first-order valence-corrected chi connectivity index (χ1v) is 9.28. The maximum atomic E-state index is 12.0. The highest BCUT2D eigenvalue weighted by atomic mass is 32.2. The Morgan fingerprint density at radius 3 is 2.42 bits per heavy atom. The zero-order chi connectivity index (χ0) is 17.7. The van der Waals surface area contributed by atoms with Crippen molar-refractivity contribution < 1.29 is 19.2 Å². The van der Waals surface area contributed by atoms with Crippen LogP contribution in [-0.4, -0.2) is 52.7 Å². The number of imide groups is 1. The molecule has 0 aromatic rings. The van der Waals surface area contributed by atoms with E-state index in [1.807, 2.05) is 13.8 Å². The molecule has 0 bridgehead atoms. The van der Waals surface area contributed by atoms with Crippen LogP contribution in [0.5, 0.6) is 0 Å². The maximum Gasteiger partial charge on any atom is 0.288 e. The third kappa shape index (κ3) is 5.51. The summed E-state index contributed by atoms with van der Waals surface area (Å²) in [5.41, 5.74) is -0.437. The number of amides is 4. The number of carbonyl (C=O) groups excluding carboxylic acids is 4. The van der Waals surface area contributed by atoms with Crippen LogP contribution in [0.1, 0.15) is 46.0 Å². The van der Waals surface area contributed by atoms with E-state index in [1.54, 1.807) is 0 Å². The third-order valence-corrected chi connectivity index (χ3v) is 5.11. The lowest BCUT2D eigenvalue weighted by atomic mass is 9.84. The Labute approximate surface area is 146 Å². The summed E-state index contributed by atoms with van der Waals surface area (Å²) in [6.45, 7) is 4.20. The predicted octanol–water partition coefficient (Wildman–Crippen LogP) is 1.27. The summed E-state index contributed by atoms with van der Waals surface area (Å²) >= 11 is 0.981. The van der Waals surface area contributed by atoms with Crippen LogP contribution < -0.4 is 10.6 Å². The fourth-order valence-corrected chi connectivity index (χ4v) is 3.48. The van der Waals surface area contributed by atoms with Gasteiger partial charge in [-0.05, 0) is 24.7 Å². The van der Waals surface area contributed by atoms with Gasteiger partial charge >= 0.3 is 0 Å². The number of nitrogens with zero attached hydrogens (tertiary/aromatic N) is 1. The van der Waals surface area contributed by atoms with E-state index in [0.29, 0.717) is 12.5 Å². The van der Waals surface area contributed by atoms with Gasteiger partial charge in [0, 0.05) is 32.0 Å². The predicted molar refractivity (Wildman–Crippen MR) is 91.4 cm³/mol. The van der Waals surface area contributed by atoms with Crippen molar-refractivity contribution in [3.05, 3.63) is 0 Å². The molecule has 2 rings (SSSR count). The minimum absolute atomic E-state index is 0.0113. The molecule has 1 aliphatic carbocycles. The van der Waals surface area contributed by atoms with Crippen LogP contribution >= 0.6 is 11.8 Å². The van der Waals surface area contributed by atoms with Gasteiger partial charge in [-0.3, -0.25) is 24.1 Å². The van der Waals surface area contributed by atoms with Gasteiger partial charge < -0.3 is 10.6 Å². The molecule has 8 heteroatoms. The summed E-state index contributed by atoms with van der Waals surface area (Å²) in [5.74, 6) is -0.228. The standard InChI is InChI=1S/C16H25N3O4S/c1-16(2,9-13(21)18-11-4-3-5-11)8-12(20)17-6-7-19-14(22)10-24-15(19)23/h11H,3-10H2,1-2H3,(H,17,20)(H,18,21). The molecule has 7 nitrogen and oxygen atoms in total. The van der Waals surface area contributed by atoms with E-state index in [4.69, 9.17) is 0 Å². The Morgan fingerprint density at radius 1 is 1.21 bits per heavy atom. The van der Waals surface area contributed by atoms with E-state index in [1.165, 1.54) is 0 Å². The van der Waals surface area contributed by atoms with Gasteiger partial charge in [-0.1, -0.05) is 25.6 Å².